The molecule has 0 aromatic heterocycles. The average molecular weight is 242 g/mol. The van der Waals surface area contributed by atoms with Crippen LogP contribution >= 0.6 is 0 Å². The molecule has 1 amide bonds. The molecule has 1 aliphatic heterocycles. The number of nitrogens with two attached hydrogens (primary N) is 1. The van der Waals surface area contributed by atoms with Crippen LogP contribution in [-0.4, -0.2) is 40.0 Å². The zero-order valence-corrected chi connectivity index (χ0v) is 10.6. The van der Waals surface area contributed by atoms with Crippen molar-refractivity contribution in [1.29, 1.82) is 0 Å². The van der Waals surface area contributed by atoms with Crippen LogP contribution in [0.15, 0.2) is 0 Å². The van der Waals surface area contributed by atoms with Crippen LogP contribution in [0.3, 0.4) is 0 Å². The summed E-state index contributed by atoms with van der Waals surface area (Å²) < 4.78 is 0. The topological polar surface area (TPSA) is 83.6 Å². The second-order valence-corrected chi connectivity index (χ2v) is 4.68. The summed E-state index contributed by atoms with van der Waals surface area (Å²) in [6.45, 7) is 4.28. The van der Waals surface area contributed by atoms with Crippen LogP contribution in [0.25, 0.3) is 0 Å². The highest BCUT2D eigenvalue weighted by molar-refractivity contribution is 5.90. The van der Waals surface area contributed by atoms with Crippen molar-refractivity contribution in [3.05, 3.63) is 0 Å². The molecule has 0 aromatic rings. The molecule has 3 N–H and O–H groups in total. The van der Waals surface area contributed by atoms with Crippen molar-refractivity contribution in [2.24, 2.45) is 5.73 Å². The van der Waals surface area contributed by atoms with Gasteiger partial charge in [-0.25, -0.2) is 4.79 Å². The number of rotatable bonds is 5. The molecule has 1 fully saturated rings. The van der Waals surface area contributed by atoms with E-state index in [1.165, 1.54) is 4.90 Å². The van der Waals surface area contributed by atoms with Crippen LogP contribution in [0.1, 0.15) is 46.0 Å². The third-order valence-corrected chi connectivity index (χ3v) is 3.65. The number of carbonyl (C=O) groups is 2. The minimum atomic E-state index is -1.03. The van der Waals surface area contributed by atoms with Crippen LogP contribution in [0, 0.1) is 0 Å². The molecule has 0 aliphatic carbocycles. The highest BCUT2D eigenvalue weighted by Gasteiger charge is 2.49. The van der Waals surface area contributed by atoms with Crippen molar-refractivity contribution in [2.75, 3.05) is 6.54 Å². The lowest BCUT2D eigenvalue weighted by Crippen LogP contribution is -2.56. The summed E-state index contributed by atoms with van der Waals surface area (Å²) in [7, 11) is 0. The van der Waals surface area contributed by atoms with Gasteiger partial charge in [-0.3, -0.25) is 4.79 Å². The number of likely N-dealkylation sites (tertiary alicyclic amines) is 1. The number of carboxylic acid groups (broad SMARTS) is 1. The second kappa shape index (κ2) is 5.49. The first kappa shape index (κ1) is 14.0. The number of carbonyl (C=O) groups excluding carboxylic acids is 1. The molecule has 0 bridgehead atoms. The first-order valence-corrected chi connectivity index (χ1v) is 6.30. The fourth-order valence-corrected chi connectivity index (χ4v) is 2.58. The Morgan fingerprint density at radius 2 is 2.12 bits per heavy atom. The number of amides is 1. The van der Waals surface area contributed by atoms with Gasteiger partial charge < -0.3 is 15.7 Å². The van der Waals surface area contributed by atoms with E-state index in [0.29, 0.717) is 25.8 Å². The predicted molar refractivity (Wildman–Crippen MR) is 64.5 cm³/mol. The summed E-state index contributed by atoms with van der Waals surface area (Å²) in [5.74, 6) is -1.12. The fourth-order valence-electron chi connectivity index (χ4n) is 2.58. The minimum Gasteiger partial charge on any atom is -0.479 e. The predicted octanol–water partition coefficient (Wildman–Crippen LogP) is 0.970. The summed E-state index contributed by atoms with van der Waals surface area (Å²) in [6, 6.07) is -0.566. The Hall–Kier alpha value is -1.10. The number of hydrogen-bond acceptors (Lipinski definition) is 3. The Bertz CT molecular complexity index is 306. The van der Waals surface area contributed by atoms with E-state index in [1.807, 2.05) is 13.8 Å². The zero-order valence-electron chi connectivity index (χ0n) is 10.6. The Morgan fingerprint density at radius 1 is 1.47 bits per heavy atom. The average Bonchev–Trinajstić information content (AvgIpc) is 2.73. The highest BCUT2D eigenvalue weighted by Crippen LogP contribution is 2.33. The highest BCUT2D eigenvalue weighted by atomic mass is 16.4. The van der Waals surface area contributed by atoms with Crippen LogP contribution < -0.4 is 5.73 Å². The van der Waals surface area contributed by atoms with Gasteiger partial charge in [-0.05, 0) is 25.7 Å². The van der Waals surface area contributed by atoms with Gasteiger partial charge in [0.1, 0.15) is 5.54 Å². The van der Waals surface area contributed by atoms with Gasteiger partial charge in [0.2, 0.25) is 5.91 Å². The SMILES string of the molecule is CCCC(N)C(=O)N1CCCC1(CC)C(=O)O. The molecule has 98 valence electrons. The number of nitrogens with zero attached hydrogens (tertiary/aromatic N) is 1. The van der Waals surface area contributed by atoms with E-state index in [2.05, 4.69) is 0 Å². The van der Waals surface area contributed by atoms with E-state index in [1.54, 1.807) is 0 Å². The van der Waals surface area contributed by atoms with Gasteiger partial charge in [-0.2, -0.15) is 0 Å². The molecule has 1 heterocycles. The number of carboxylic acids is 1. The van der Waals surface area contributed by atoms with E-state index in [9.17, 15) is 14.7 Å². The maximum atomic E-state index is 12.2. The molecule has 1 saturated heterocycles. The van der Waals surface area contributed by atoms with E-state index < -0.39 is 17.6 Å². The van der Waals surface area contributed by atoms with Crippen molar-refractivity contribution < 1.29 is 14.7 Å². The van der Waals surface area contributed by atoms with Crippen molar-refractivity contribution in [1.82, 2.24) is 4.90 Å². The molecular formula is C12H22N2O3. The standard InChI is InChI=1S/C12H22N2O3/c1-3-6-9(13)10(15)14-8-5-7-12(14,4-2)11(16)17/h9H,3-8,13H2,1-2H3,(H,16,17). The molecule has 5 nitrogen and oxygen atoms in total. The molecule has 0 radical (unpaired) electrons. The van der Waals surface area contributed by atoms with E-state index in [-0.39, 0.29) is 5.91 Å². The van der Waals surface area contributed by atoms with Gasteiger partial charge in [0.05, 0.1) is 6.04 Å². The fraction of sp³-hybridized carbons (Fsp3) is 0.833. The van der Waals surface area contributed by atoms with E-state index in [0.717, 1.165) is 12.8 Å². The molecule has 1 rings (SSSR count). The second-order valence-electron chi connectivity index (χ2n) is 4.68. The number of aliphatic carboxylic acids is 1. The van der Waals surface area contributed by atoms with Gasteiger partial charge in [-0.15, -0.1) is 0 Å². The Morgan fingerprint density at radius 3 is 2.59 bits per heavy atom. The Kier molecular flexibility index (Phi) is 4.51. The summed E-state index contributed by atoms with van der Waals surface area (Å²) in [4.78, 5) is 25.0. The van der Waals surface area contributed by atoms with Gasteiger partial charge >= 0.3 is 5.97 Å². The minimum absolute atomic E-state index is 0.214. The molecule has 0 aromatic carbocycles. The van der Waals surface area contributed by atoms with Gasteiger partial charge in [0.25, 0.3) is 0 Å². The van der Waals surface area contributed by atoms with Crippen LogP contribution in [0.4, 0.5) is 0 Å². The molecule has 1 aliphatic rings. The molecule has 0 saturated carbocycles. The van der Waals surface area contributed by atoms with Crippen LogP contribution in [0.5, 0.6) is 0 Å². The van der Waals surface area contributed by atoms with Crippen molar-refractivity contribution in [3.8, 4) is 0 Å². The van der Waals surface area contributed by atoms with Gasteiger partial charge in [0.15, 0.2) is 0 Å². The molecule has 0 spiro atoms. The summed E-state index contributed by atoms with van der Waals surface area (Å²) in [6.07, 6.45) is 3.14. The third-order valence-electron chi connectivity index (χ3n) is 3.65. The van der Waals surface area contributed by atoms with Gasteiger partial charge in [0, 0.05) is 6.54 Å². The summed E-state index contributed by atoms with van der Waals surface area (Å²) in [5.41, 5.74) is 4.77. The largest absolute Gasteiger partial charge is 0.479 e. The van der Waals surface area contributed by atoms with Crippen molar-refractivity contribution in [2.45, 2.75) is 57.5 Å². The molecule has 5 heteroatoms. The van der Waals surface area contributed by atoms with Gasteiger partial charge in [-0.1, -0.05) is 20.3 Å². The maximum absolute atomic E-state index is 12.2. The van der Waals surface area contributed by atoms with Crippen molar-refractivity contribution in [3.63, 3.8) is 0 Å². The molecule has 17 heavy (non-hydrogen) atoms. The van der Waals surface area contributed by atoms with Crippen molar-refractivity contribution >= 4 is 11.9 Å². The van der Waals surface area contributed by atoms with E-state index in [4.69, 9.17) is 5.73 Å². The summed E-state index contributed by atoms with van der Waals surface area (Å²) in [5, 5.41) is 9.36. The molecule has 2 atom stereocenters. The van der Waals surface area contributed by atoms with E-state index >= 15 is 0 Å². The molecule has 2 unspecified atom stereocenters. The molecular weight excluding hydrogens is 220 g/mol. The first-order valence-electron chi connectivity index (χ1n) is 6.30. The monoisotopic (exact) mass is 242 g/mol. The third kappa shape index (κ3) is 2.44. The Balaban J connectivity index is 2.88. The quantitative estimate of drug-likeness (QED) is 0.752. The smallest absolute Gasteiger partial charge is 0.329 e. The summed E-state index contributed by atoms with van der Waals surface area (Å²) >= 11 is 0. The van der Waals surface area contributed by atoms with Crippen LogP contribution in [0.2, 0.25) is 0 Å². The lowest BCUT2D eigenvalue weighted by molar-refractivity contribution is -0.157. The maximum Gasteiger partial charge on any atom is 0.329 e. The zero-order chi connectivity index (χ0) is 13.1. The Labute approximate surface area is 102 Å². The first-order chi connectivity index (χ1) is 7.99. The normalized spacial score (nSPS) is 25.9. The lowest BCUT2D eigenvalue weighted by Gasteiger charge is -2.35. The lowest BCUT2D eigenvalue weighted by atomic mass is 9.92. The number of hydrogen-bond donors (Lipinski definition) is 2. The van der Waals surface area contributed by atoms with Crippen LogP contribution in [-0.2, 0) is 9.59 Å².